The van der Waals surface area contributed by atoms with Crippen molar-refractivity contribution >= 4 is 17.7 Å². The largest absolute Gasteiger partial charge is 0.368 e. The molecule has 0 aliphatic carbocycles. The van der Waals surface area contributed by atoms with E-state index in [9.17, 15) is 4.79 Å². The van der Waals surface area contributed by atoms with Crippen molar-refractivity contribution in [3.05, 3.63) is 29.8 Å². The fourth-order valence-corrected chi connectivity index (χ4v) is 3.59. The number of amides is 1. The van der Waals surface area contributed by atoms with Gasteiger partial charge in [0.25, 0.3) is 0 Å². The van der Waals surface area contributed by atoms with Crippen molar-refractivity contribution in [2.24, 2.45) is 5.73 Å². The SMILES string of the molecule is CCC(C)NC1(C(N)=O)CCSc2ccccc21. The topological polar surface area (TPSA) is 55.1 Å². The van der Waals surface area contributed by atoms with Crippen LogP contribution in [0.4, 0.5) is 0 Å². The molecule has 1 aromatic rings. The Labute approximate surface area is 113 Å². The van der Waals surface area contributed by atoms with Gasteiger partial charge in [0.15, 0.2) is 0 Å². The summed E-state index contributed by atoms with van der Waals surface area (Å²) in [6.45, 7) is 4.20. The summed E-state index contributed by atoms with van der Waals surface area (Å²) in [4.78, 5) is 13.2. The predicted octanol–water partition coefficient (Wildman–Crippen LogP) is 2.25. The van der Waals surface area contributed by atoms with Crippen molar-refractivity contribution < 1.29 is 4.79 Å². The van der Waals surface area contributed by atoms with E-state index in [2.05, 4.69) is 25.2 Å². The van der Waals surface area contributed by atoms with Gasteiger partial charge in [0.05, 0.1) is 0 Å². The zero-order chi connectivity index (χ0) is 13.2. The molecular formula is C14H20N2OS. The average molecular weight is 264 g/mol. The van der Waals surface area contributed by atoms with Gasteiger partial charge in [-0.1, -0.05) is 25.1 Å². The molecule has 1 aromatic carbocycles. The summed E-state index contributed by atoms with van der Waals surface area (Å²) in [5, 5.41) is 3.45. The maximum Gasteiger partial charge on any atom is 0.242 e. The molecule has 0 fully saturated rings. The van der Waals surface area contributed by atoms with E-state index in [1.54, 1.807) is 11.8 Å². The second-order valence-electron chi connectivity index (χ2n) is 4.82. The molecule has 0 spiro atoms. The first-order valence-electron chi connectivity index (χ1n) is 6.40. The van der Waals surface area contributed by atoms with Crippen molar-refractivity contribution in [3.63, 3.8) is 0 Å². The lowest BCUT2D eigenvalue weighted by molar-refractivity contribution is -0.125. The molecule has 3 N–H and O–H groups in total. The van der Waals surface area contributed by atoms with Crippen molar-refractivity contribution in [2.75, 3.05) is 5.75 Å². The van der Waals surface area contributed by atoms with Crippen molar-refractivity contribution in [3.8, 4) is 0 Å². The number of carbonyl (C=O) groups is 1. The number of primary amides is 1. The van der Waals surface area contributed by atoms with Gasteiger partial charge in [-0.25, -0.2) is 0 Å². The molecule has 1 amide bonds. The third-order valence-electron chi connectivity index (χ3n) is 3.61. The fourth-order valence-electron chi connectivity index (χ4n) is 2.39. The summed E-state index contributed by atoms with van der Waals surface area (Å²) < 4.78 is 0. The molecular weight excluding hydrogens is 244 g/mol. The van der Waals surface area contributed by atoms with E-state index in [0.29, 0.717) is 0 Å². The highest BCUT2D eigenvalue weighted by Gasteiger charge is 2.42. The van der Waals surface area contributed by atoms with E-state index in [4.69, 9.17) is 5.73 Å². The lowest BCUT2D eigenvalue weighted by atomic mass is 9.85. The number of benzene rings is 1. The highest BCUT2D eigenvalue weighted by atomic mass is 32.2. The molecule has 98 valence electrons. The Hall–Kier alpha value is -1.00. The zero-order valence-electron chi connectivity index (χ0n) is 10.9. The average Bonchev–Trinajstić information content (AvgIpc) is 2.38. The smallest absolute Gasteiger partial charge is 0.242 e. The third-order valence-corrected chi connectivity index (χ3v) is 4.68. The van der Waals surface area contributed by atoms with Crippen LogP contribution < -0.4 is 11.1 Å². The quantitative estimate of drug-likeness (QED) is 0.877. The monoisotopic (exact) mass is 264 g/mol. The highest BCUT2D eigenvalue weighted by molar-refractivity contribution is 7.99. The van der Waals surface area contributed by atoms with Crippen LogP contribution in [0.15, 0.2) is 29.2 Å². The van der Waals surface area contributed by atoms with Gasteiger partial charge >= 0.3 is 0 Å². The van der Waals surface area contributed by atoms with Crippen LogP contribution in [0.3, 0.4) is 0 Å². The second-order valence-corrected chi connectivity index (χ2v) is 5.95. The van der Waals surface area contributed by atoms with Crippen molar-refractivity contribution in [1.82, 2.24) is 5.32 Å². The summed E-state index contributed by atoms with van der Waals surface area (Å²) in [6, 6.07) is 8.33. The zero-order valence-corrected chi connectivity index (χ0v) is 11.7. The van der Waals surface area contributed by atoms with Gasteiger partial charge in [-0.3, -0.25) is 10.1 Å². The van der Waals surface area contributed by atoms with Crippen LogP contribution in [0.2, 0.25) is 0 Å². The van der Waals surface area contributed by atoms with Gasteiger partial charge in [-0.05, 0) is 31.4 Å². The van der Waals surface area contributed by atoms with Gasteiger partial charge in [-0.15, -0.1) is 11.8 Å². The van der Waals surface area contributed by atoms with Gasteiger partial charge in [0.2, 0.25) is 5.91 Å². The molecule has 0 saturated heterocycles. The van der Waals surface area contributed by atoms with Gasteiger partial charge < -0.3 is 5.73 Å². The maximum absolute atomic E-state index is 12.0. The predicted molar refractivity (Wildman–Crippen MR) is 75.5 cm³/mol. The minimum Gasteiger partial charge on any atom is -0.368 e. The number of thioether (sulfide) groups is 1. The molecule has 0 bridgehead atoms. The summed E-state index contributed by atoms with van der Waals surface area (Å²) in [7, 11) is 0. The number of carbonyl (C=O) groups excluding carboxylic acids is 1. The molecule has 2 rings (SSSR count). The molecule has 1 heterocycles. The van der Waals surface area contributed by atoms with E-state index in [1.165, 1.54) is 4.90 Å². The summed E-state index contributed by atoms with van der Waals surface area (Å²) in [5.74, 6) is 0.652. The normalized spacial score (nSPS) is 24.3. The van der Waals surface area contributed by atoms with E-state index < -0.39 is 5.54 Å². The van der Waals surface area contributed by atoms with Crippen LogP contribution in [0.1, 0.15) is 32.3 Å². The summed E-state index contributed by atoms with van der Waals surface area (Å²) >= 11 is 1.80. The maximum atomic E-state index is 12.0. The lowest BCUT2D eigenvalue weighted by Gasteiger charge is -2.39. The van der Waals surface area contributed by atoms with Crippen LogP contribution in [-0.2, 0) is 10.3 Å². The molecule has 4 heteroatoms. The Morgan fingerprint density at radius 1 is 1.56 bits per heavy atom. The van der Waals surface area contributed by atoms with E-state index in [-0.39, 0.29) is 11.9 Å². The molecule has 2 unspecified atom stereocenters. The fraction of sp³-hybridized carbons (Fsp3) is 0.500. The molecule has 18 heavy (non-hydrogen) atoms. The second kappa shape index (κ2) is 5.33. The number of rotatable bonds is 4. The first-order chi connectivity index (χ1) is 8.60. The Morgan fingerprint density at radius 3 is 2.94 bits per heavy atom. The van der Waals surface area contributed by atoms with Gasteiger partial charge in [-0.2, -0.15) is 0 Å². The number of nitrogens with two attached hydrogens (primary N) is 1. The minimum atomic E-state index is -0.697. The van der Waals surface area contributed by atoms with Crippen LogP contribution in [0.5, 0.6) is 0 Å². The van der Waals surface area contributed by atoms with E-state index in [0.717, 1.165) is 24.2 Å². The van der Waals surface area contributed by atoms with Crippen LogP contribution in [0, 0.1) is 0 Å². The van der Waals surface area contributed by atoms with Crippen molar-refractivity contribution in [2.45, 2.75) is 43.2 Å². The molecule has 0 saturated carbocycles. The van der Waals surface area contributed by atoms with Gasteiger partial charge in [0.1, 0.15) is 5.54 Å². The van der Waals surface area contributed by atoms with Crippen LogP contribution >= 0.6 is 11.8 Å². The first kappa shape index (κ1) is 13.4. The third kappa shape index (κ3) is 2.27. The van der Waals surface area contributed by atoms with Crippen LogP contribution in [0.25, 0.3) is 0 Å². The minimum absolute atomic E-state index is 0.268. The Bertz CT molecular complexity index is 449. The first-order valence-corrected chi connectivity index (χ1v) is 7.38. The number of fused-ring (bicyclic) bond motifs is 1. The van der Waals surface area contributed by atoms with Gasteiger partial charge in [0, 0.05) is 16.7 Å². The Morgan fingerprint density at radius 2 is 2.28 bits per heavy atom. The molecule has 2 atom stereocenters. The lowest BCUT2D eigenvalue weighted by Crippen LogP contribution is -2.57. The standard InChI is InChI=1S/C14H20N2OS/c1-3-10(2)16-14(13(15)17)8-9-18-12-7-5-4-6-11(12)14/h4-7,10,16H,3,8-9H2,1-2H3,(H2,15,17). The molecule has 1 aliphatic heterocycles. The Balaban J connectivity index is 2.46. The van der Waals surface area contributed by atoms with Crippen LogP contribution in [-0.4, -0.2) is 17.7 Å². The molecule has 1 aliphatic rings. The van der Waals surface area contributed by atoms with Crippen molar-refractivity contribution in [1.29, 1.82) is 0 Å². The summed E-state index contributed by atoms with van der Waals surface area (Å²) in [5.41, 5.74) is 6.05. The number of hydrogen-bond donors (Lipinski definition) is 2. The Kier molecular flexibility index (Phi) is 3.97. The highest BCUT2D eigenvalue weighted by Crippen LogP contribution is 2.40. The molecule has 0 radical (unpaired) electrons. The molecule has 3 nitrogen and oxygen atoms in total. The summed E-state index contributed by atoms with van der Waals surface area (Å²) in [6.07, 6.45) is 1.73. The van der Waals surface area contributed by atoms with E-state index >= 15 is 0 Å². The number of hydrogen-bond acceptors (Lipinski definition) is 3. The molecule has 0 aromatic heterocycles. The van der Waals surface area contributed by atoms with E-state index in [1.807, 2.05) is 18.2 Å². The number of nitrogens with one attached hydrogen (secondary N) is 1.